The van der Waals surface area contributed by atoms with Crippen LogP contribution < -0.4 is 20.5 Å². The van der Waals surface area contributed by atoms with Crippen LogP contribution in [0.5, 0.6) is 0 Å². The molecule has 3 aromatic rings. The summed E-state index contributed by atoms with van der Waals surface area (Å²) >= 11 is 1.13. The minimum absolute atomic E-state index is 0.00655. The number of rotatable bonds is 2. The second-order valence-corrected chi connectivity index (χ2v) is 7.35. The number of nitrogens with two attached hydrogens (primary N) is 1. The van der Waals surface area contributed by atoms with E-state index in [1.165, 1.54) is 4.57 Å². The first-order valence-corrected chi connectivity index (χ1v) is 9.17. The number of nitriles is 2. The maximum Gasteiger partial charge on any atom is 0.274 e. The van der Waals surface area contributed by atoms with Gasteiger partial charge in [0.2, 0.25) is 0 Å². The Hall–Kier alpha value is -3.75. The third-order valence-electron chi connectivity index (χ3n) is 4.47. The van der Waals surface area contributed by atoms with Gasteiger partial charge in [0, 0.05) is 6.08 Å². The van der Waals surface area contributed by atoms with Crippen LogP contribution in [-0.2, 0) is 0 Å². The van der Waals surface area contributed by atoms with Crippen molar-refractivity contribution in [2.24, 2.45) is 5.73 Å². The molecule has 0 bridgehead atoms. The average Bonchev–Trinajstić information content (AvgIpc) is 3.35. The van der Waals surface area contributed by atoms with E-state index in [4.69, 9.17) is 14.6 Å². The first-order chi connectivity index (χ1) is 13.4. The van der Waals surface area contributed by atoms with E-state index < -0.39 is 11.5 Å². The Bertz CT molecular complexity index is 1400. The number of allylic oxidation sites excluding steroid dienone is 1. The fourth-order valence-electron chi connectivity index (χ4n) is 3.20. The van der Waals surface area contributed by atoms with Gasteiger partial charge in [-0.25, -0.2) is 0 Å². The number of aromatic nitrogens is 1. The van der Waals surface area contributed by atoms with Gasteiger partial charge in [-0.1, -0.05) is 0 Å². The van der Waals surface area contributed by atoms with Crippen molar-refractivity contribution in [2.75, 3.05) is 0 Å². The second-order valence-electron chi connectivity index (χ2n) is 6.32. The van der Waals surface area contributed by atoms with Gasteiger partial charge >= 0.3 is 0 Å². The first kappa shape index (κ1) is 17.7. The lowest BCUT2D eigenvalue weighted by Gasteiger charge is -2.20. The van der Waals surface area contributed by atoms with Gasteiger partial charge in [-0.05, 0) is 38.1 Å². The molecule has 3 aromatic heterocycles. The third-order valence-corrected chi connectivity index (χ3v) is 5.58. The van der Waals surface area contributed by atoms with E-state index in [1.54, 1.807) is 44.2 Å². The standard InChI is InChI=1S/C20H14N4O3S/c1-10-3-5-12(26-10)7-16-19(25)24-18(23)13(8-21)17(14(9-22)20(24)28-16)15-6-4-11(2)27-15/h3-7,17H,23H2,1-2H3/b16-7+/t17-/m1/s1. The number of nitrogens with zero attached hydrogens (tertiary/aromatic N) is 3. The zero-order valence-electron chi connectivity index (χ0n) is 15.0. The van der Waals surface area contributed by atoms with E-state index in [9.17, 15) is 15.3 Å². The number of thiazole rings is 1. The van der Waals surface area contributed by atoms with Gasteiger partial charge < -0.3 is 14.6 Å². The molecule has 138 valence electrons. The Balaban J connectivity index is 2.07. The largest absolute Gasteiger partial charge is 0.465 e. The fourth-order valence-corrected chi connectivity index (χ4v) is 4.31. The summed E-state index contributed by atoms with van der Waals surface area (Å²) in [6.45, 7) is 3.58. The van der Waals surface area contributed by atoms with Crippen molar-refractivity contribution in [3.8, 4) is 12.1 Å². The van der Waals surface area contributed by atoms with Crippen LogP contribution in [-0.4, -0.2) is 4.57 Å². The lowest BCUT2D eigenvalue weighted by Crippen LogP contribution is -2.38. The fraction of sp³-hybridized carbons (Fsp3) is 0.150. The Morgan fingerprint density at radius 1 is 1.11 bits per heavy atom. The molecule has 28 heavy (non-hydrogen) atoms. The smallest absolute Gasteiger partial charge is 0.274 e. The van der Waals surface area contributed by atoms with Gasteiger partial charge in [0.25, 0.3) is 5.56 Å². The van der Waals surface area contributed by atoms with Crippen LogP contribution in [0.1, 0.15) is 29.0 Å². The number of furan rings is 2. The van der Waals surface area contributed by atoms with Crippen LogP contribution in [0.2, 0.25) is 0 Å². The topological polar surface area (TPSA) is 122 Å². The SMILES string of the molecule is Cc1ccc(/C=c2/sc3n(c2=O)C(N)=C(C#N)[C@@H](c2ccc(C)o2)C=3C#N)o1. The second kappa shape index (κ2) is 6.45. The minimum atomic E-state index is -0.750. The summed E-state index contributed by atoms with van der Waals surface area (Å²) < 4.78 is 13.1. The predicted octanol–water partition coefficient (Wildman–Crippen LogP) is 1.66. The minimum Gasteiger partial charge on any atom is -0.465 e. The van der Waals surface area contributed by atoms with Crippen molar-refractivity contribution in [3.63, 3.8) is 0 Å². The van der Waals surface area contributed by atoms with Crippen molar-refractivity contribution in [1.29, 1.82) is 10.5 Å². The van der Waals surface area contributed by atoms with E-state index >= 15 is 0 Å². The highest BCUT2D eigenvalue weighted by Gasteiger charge is 2.34. The average molecular weight is 390 g/mol. The maximum absolute atomic E-state index is 12.9. The molecule has 4 rings (SSSR count). The van der Waals surface area contributed by atoms with Crippen LogP contribution in [0, 0.1) is 36.5 Å². The molecule has 1 atom stereocenters. The van der Waals surface area contributed by atoms with E-state index in [0.717, 1.165) is 17.1 Å². The molecule has 0 fully saturated rings. The Morgan fingerprint density at radius 2 is 1.79 bits per heavy atom. The number of aryl methyl sites for hydroxylation is 2. The zero-order valence-corrected chi connectivity index (χ0v) is 15.8. The summed E-state index contributed by atoms with van der Waals surface area (Å²) in [7, 11) is 0. The summed E-state index contributed by atoms with van der Waals surface area (Å²) in [5, 5.41) is 19.5. The summed E-state index contributed by atoms with van der Waals surface area (Å²) in [6.07, 6.45) is 1.60. The Morgan fingerprint density at radius 3 is 2.36 bits per heavy atom. The van der Waals surface area contributed by atoms with Gasteiger partial charge in [0.1, 0.15) is 33.5 Å². The van der Waals surface area contributed by atoms with Crippen LogP contribution in [0.15, 0.2) is 43.5 Å². The normalized spacial score (nSPS) is 16.8. The van der Waals surface area contributed by atoms with Gasteiger partial charge in [-0.2, -0.15) is 10.5 Å². The first-order valence-electron chi connectivity index (χ1n) is 8.35. The molecule has 4 heterocycles. The van der Waals surface area contributed by atoms with E-state index in [1.807, 2.05) is 6.07 Å². The molecule has 2 N–H and O–H groups in total. The van der Waals surface area contributed by atoms with Gasteiger partial charge in [-0.3, -0.25) is 9.36 Å². The Kier molecular flexibility index (Phi) is 4.07. The molecule has 0 spiro atoms. The van der Waals surface area contributed by atoms with Crippen molar-refractivity contribution >= 4 is 28.8 Å². The molecule has 0 unspecified atom stereocenters. The Labute approximate surface area is 163 Å². The van der Waals surface area contributed by atoms with Crippen molar-refractivity contribution in [1.82, 2.24) is 4.57 Å². The zero-order chi connectivity index (χ0) is 20.0. The van der Waals surface area contributed by atoms with Crippen LogP contribution >= 0.6 is 11.3 Å². The monoisotopic (exact) mass is 390 g/mol. The maximum atomic E-state index is 12.9. The lowest BCUT2D eigenvalue weighted by molar-refractivity contribution is 0.482. The molecule has 0 aromatic carbocycles. The molecular formula is C20H14N4O3S. The summed E-state index contributed by atoms with van der Waals surface area (Å²) in [6, 6.07) is 11.2. The summed E-state index contributed by atoms with van der Waals surface area (Å²) in [4.78, 5) is 12.9. The molecule has 0 aliphatic carbocycles. The number of hydrogen-bond donors (Lipinski definition) is 1. The van der Waals surface area contributed by atoms with Crippen LogP contribution in [0.3, 0.4) is 0 Å². The number of hydrogen-bond acceptors (Lipinski definition) is 7. The van der Waals surface area contributed by atoms with Crippen LogP contribution in [0.25, 0.3) is 17.5 Å². The molecule has 0 saturated carbocycles. The van der Waals surface area contributed by atoms with Gasteiger partial charge in [0.05, 0.1) is 33.7 Å². The van der Waals surface area contributed by atoms with Crippen LogP contribution in [0.4, 0.5) is 0 Å². The molecule has 7 nitrogen and oxygen atoms in total. The highest BCUT2D eigenvalue weighted by molar-refractivity contribution is 7.07. The third kappa shape index (κ3) is 2.59. The molecule has 0 amide bonds. The van der Waals surface area contributed by atoms with E-state index in [2.05, 4.69) is 6.07 Å². The molecule has 1 aliphatic rings. The molecule has 0 radical (unpaired) electrons. The quantitative estimate of drug-likeness (QED) is 0.710. The molecule has 0 saturated heterocycles. The predicted molar refractivity (Wildman–Crippen MR) is 103 cm³/mol. The van der Waals surface area contributed by atoms with Crippen molar-refractivity contribution in [2.45, 2.75) is 19.8 Å². The van der Waals surface area contributed by atoms with Crippen molar-refractivity contribution in [3.05, 3.63) is 72.4 Å². The van der Waals surface area contributed by atoms with E-state index in [0.29, 0.717) is 26.5 Å². The van der Waals surface area contributed by atoms with E-state index in [-0.39, 0.29) is 17.0 Å². The number of fused-ring (bicyclic) bond motifs is 1. The summed E-state index contributed by atoms with van der Waals surface area (Å²) in [5.74, 6) is 1.59. The molecular weight excluding hydrogens is 376 g/mol. The molecule has 1 aliphatic heterocycles. The highest BCUT2D eigenvalue weighted by atomic mass is 32.1. The lowest BCUT2D eigenvalue weighted by atomic mass is 9.88. The molecule has 8 heteroatoms. The summed E-state index contributed by atoms with van der Waals surface area (Å²) in [5.41, 5.74) is 6.15. The highest BCUT2D eigenvalue weighted by Crippen LogP contribution is 2.36. The van der Waals surface area contributed by atoms with Gasteiger partial charge in [-0.15, -0.1) is 11.3 Å². The van der Waals surface area contributed by atoms with Crippen molar-refractivity contribution < 1.29 is 8.83 Å². The van der Waals surface area contributed by atoms with Gasteiger partial charge in [0.15, 0.2) is 0 Å².